The molecule has 0 saturated carbocycles. The lowest BCUT2D eigenvalue weighted by Crippen LogP contribution is -2.50. The Morgan fingerprint density at radius 2 is 2.10 bits per heavy atom. The molecule has 2 aromatic rings. The minimum absolute atomic E-state index is 0.0839. The van der Waals surface area contributed by atoms with E-state index in [0.717, 1.165) is 23.9 Å². The van der Waals surface area contributed by atoms with E-state index >= 15 is 0 Å². The van der Waals surface area contributed by atoms with E-state index in [1.165, 1.54) is 0 Å². The van der Waals surface area contributed by atoms with E-state index < -0.39 is 0 Å². The van der Waals surface area contributed by atoms with E-state index in [1.54, 1.807) is 29.7 Å². The number of nitrogens with two attached hydrogens (primary N) is 1. The van der Waals surface area contributed by atoms with Crippen molar-refractivity contribution in [1.82, 2.24) is 9.88 Å². The van der Waals surface area contributed by atoms with E-state index in [2.05, 4.69) is 15.2 Å². The zero-order valence-electron chi connectivity index (χ0n) is 11.5. The molecule has 1 aliphatic heterocycles. The minimum atomic E-state index is -0.0839. The fraction of sp³-hybridized carbons (Fsp3) is 0.286. The number of carbonyl (C=O) groups excluding carboxylic acids is 1. The fourth-order valence-corrected chi connectivity index (χ4v) is 2.99. The molecule has 0 radical (unpaired) electrons. The van der Waals surface area contributed by atoms with Crippen molar-refractivity contribution in [3.05, 3.63) is 35.8 Å². The fourth-order valence-electron chi connectivity index (χ4n) is 2.29. The van der Waals surface area contributed by atoms with Crippen molar-refractivity contribution < 1.29 is 4.79 Å². The Morgan fingerprint density at radius 1 is 1.29 bits per heavy atom. The highest BCUT2D eigenvalue weighted by atomic mass is 32.1. The first kappa shape index (κ1) is 13.7. The van der Waals surface area contributed by atoms with Crippen LogP contribution >= 0.6 is 11.3 Å². The summed E-state index contributed by atoms with van der Waals surface area (Å²) in [6.07, 6.45) is 1.80. The van der Waals surface area contributed by atoms with Crippen LogP contribution in [0, 0.1) is 0 Å². The summed E-state index contributed by atoms with van der Waals surface area (Å²) < 4.78 is 0. The monoisotopic (exact) mass is 303 g/mol. The summed E-state index contributed by atoms with van der Waals surface area (Å²) in [4.78, 5) is 20.5. The highest BCUT2D eigenvalue weighted by molar-refractivity contribution is 7.13. The quantitative estimate of drug-likeness (QED) is 0.833. The predicted octanol–water partition coefficient (Wildman–Crippen LogP) is 2.08. The van der Waals surface area contributed by atoms with Crippen molar-refractivity contribution >= 4 is 33.9 Å². The van der Waals surface area contributed by atoms with E-state index in [-0.39, 0.29) is 6.03 Å². The SMILES string of the molecule is Nc1cccc(NC(=O)N2CCN(c3nccs3)CC2)c1. The molecular weight excluding hydrogens is 286 g/mol. The summed E-state index contributed by atoms with van der Waals surface area (Å²) in [7, 11) is 0. The van der Waals surface area contributed by atoms with E-state index in [1.807, 2.05) is 22.4 Å². The largest absolute Gasteiger partial charge is 0.399 e. The highest BCUT2D eigenvalue weighted by Crippen LogP contribution is 2.19. The number of nitrogens with one attached hydrogen (secondary N) is 1. The molecule has 21 heavy (non-hydrogen) atoms. The third-order valence-corrected chi connectivity index (χ3v) is 4.23. The van der Waals surface area contributed by atoms with E-state index in [0.29, 0.717) is 18.8 Å². The molecule has 3 rings (SSSR count). The second-order valence-electron chi connectivity index (χ2n) is 4.84. The third kappa shape index (κ3) is 3.25. The van der Waals surface area contributed by atoms with Gasteiger partial charge in [-0.05, 0) is 18.2 Å². The van der Waals surface area contributed by atoms with Crippen LogP contribution in [0.2, 0.25) is 0 Å². The van der Waals surface area contributed by atoms with Crippen molar-refractivity contribution in [1.29, 1.82) is 0 Å². The van der Waals surface area contributed by atoms with Crippen LogP contribution in [0.5, 0.6) is 0 Å². The first-order valence-electron chi connectivity index (χ1n) is 6.78. The topological polar surface area (TPSA) is 74.5 Å². The van der Waals surface area contributed by atoms with Gasteiger partial charge in [0, 0.05) is 49.1 Å². The molecule has 7 heteroatoms. The lowest BCUT2D eigenvalue weighted by atomic mass is 10.3. The van der Waals surface area contributed by atoms with Gasteiger partial charge in [0.25, 0.3) is 0 Å². The smallest absolute Gasteiger partial charge is 0.321 e. The number of nitrogen functional groups attached to an aromatic ring is 1. The van der Waals surface area contributed by atoms with Crippen LogP contribution in [0.3, 0.4) is 0 Å². The van der Waals surface area contributed by atoms with Crippen LogP contribution in [-0.4, -0.2) is 42.1 Å². The predicted molar refractivity (Wildman–Crippen MR) is 85.8 cm³/mol. The second kappa shape index (κ2) is 6.01. The Bertz CT molecular complexity index is 608. The van der Waals surface area contributed by atoms with Crippen molar-refractivity contribution in [3.8, 4) is 0 Å². The van der Waals surface area contributed by atoms with Gasteiger partial charge in [-0.15, -0.1) is 11.3 Å². The molecule has 6 nitrogen and oxygen atoms in total. The number of urea groups is 1. The summed E-state index contributed by atoms with van der Waals surface area (Å²) in [5.74, 6) is 0. The number of hydrogen-bond donors (Lipinski definition) is 2. The number of anilines is 3. The van der Waals surface area contributed by atoms with Gasteiger partial charge >= 0.3 is 6.03 Å². The van der Waals surface area contributed by atoms with Gasteiger partial charge in [0.15, 0.2) is 5.13 Å². The van der Waals surface area contributed by atoms with Crippen molar-refractivity contribution in [2.24, 2.45) is 0 Å². The molecule has 0 bridgehead atoms. The first-order chi connectivity index (χ1) is 10.2. The van der Waals surface area contributed by atoms with Crippen LogP contribution < -0.4 is 16.0 Å². The third-order valence-electron chi connectivity index (χ3n) is 3.39. The van der Waals surface area contributed by atoms with Gasteiger partial charge in [-0.3, -0.25) is 0 Å². The zero-order valence-corrected chi connectivity index (χ0v) is 12.3. The maximum Gasteiger partial charge on any atom is 0.321 e. The van der Waals surface area contributed by atoms with Crippen LogP contribution in [0.25, 0.3) is 0 Å². The number of aromatic nitrogens is 1. The molecule has 2 amide bonds. The standard InChI is InChI=1S/C14H17N5OS/c15-11-2-1-3-12(10-11)17-13(20)18-5-7-19(8-6-18)14-16-4-9-21-14/h1-4,9-10H,5-8,15H2,(H,17,20). The number of hydrogen-bond acceptors (Lipinski definition) is 5. The minimum Gasteiger partial charge on any atom is -0.399 e. The van der Waals surface area contributed by atoms with Gasteiger partial charge in [0.2, 0.25) is 0 Å². The Kier molecular flexibility index (Phi) is 3.92. The number of thiazole rings is 1. The molecule has 1 fully saturated rings. The number of amides is 2. The molecule has 2 heterocycles. The van der Waals surface area contributed by atoms with Gasteiger partial charge in [0.1, 0.15) is 0 Å². The highest BCUT2D eigenvalue weighted by Gasteiger charge is 2.22. The lowest BCUT2D eigenvalue weighted by Gasteiger charge is -2.34. The Balaban J connectivity index is 1.55. The molecule has 110 valence electrons. The Hall–Kier alpha value is -2.28. The van der Waals surface area contributed by atoms with Gasteiger partial charge in [-0.1, -0.05) is 6.07 Å². The molecule has 0 atom stereocenters. The Labute approximate surface area is 127 Å². The molecular formula is C14H17N5OS. The first-order valence-corrected chi connectivity index (χ1v) is 7.66. The maximum absolute atomic E-state index is 12.2. The van der Waals surface area contributed by atoms with Crippen LogP contribution in [0.15, 0.2) is 35.8 Å². The van der Waals surface area contributed by atoms with Crippen LogP contribution in [0.1, 0.15) is 0 Å². The van der Waals surface area contributed by atoms with E-state index in [9.17, 15) is 4.79 Å². The lowest BCUT2D eigenvalue weighted by molar-refractivity contribution is 0.208. The number of piperazine rings is 1. The summed E-state index contributed by atoms with van der Waals surface area (Å²) >= 11 is 1.63. The number of carbonyl (C=O) groups is 1. The molecule has 1 aromatic heterocycles. The van der Waals surface area contributed by atoms with Crippen molar-refractivity contribution in [2.75, 3.05) is 42.1 Å². The summed E-state index contributed by atoms with van der Waals surface area (Å²) in [5, 5.41) is 5.86. The van der Waals surface area contributed by atoms with Gasteiger partial charge in [-0.25, -0.2) is 9.78 Å². The zero-order chi connectivity index (χ0) is 14.7. The summed E-state index contributed by atoms with van der Waals surface area (Å²) in [6.45, 7) is 2.98. The summed E-state index contributed by atoms with van der Waals surface area (Å²) in [6, 6.07) is 7.12. The molecule has 3 N–H and O–H groups in total. The van der Waals surface area contributed by atoms with Gasteiger partial charge in [-0.2, -0.15) is 0 Å². The summed E-state index contributed by atoms with van der Waals surface area (Å²) in [5.41, 5.74) is 7.07. The van der Waals surface area contributed by atoms with Crippen molar-refractivity contribution in [3.63, 3.8) is 0 Å². The second-order valence-corrected chi connectivity index (χ2v) is 5.72. The number of nitrogens with zero attached hydrogens (tertiary/aromatic N) is 3. The average Bonchev–Trinajstić information content (AvgIpc) is 3.01. The number of rotatable bonds is 2. The van der Waals surface area contributed by atoms with Crippen LogP contribution in [-0.2, 0) is 0 Å². The average molecular weight is 303 g/mol. The molecule has 1 aliphatic rings. The number of benzene rings is 1. The maximum atomic E-state index is 12.2. The van der Waals surface area contributed by atoms with Gasteiger partial charge in [0.05, 0.1) is 0 Å². The molecule has 1 aromatic carbocycles. The van der Waals surface area contributed by atoms with Crippen LogP contribution in [0.4, 0.5) is 21.3 Å². The Morgan fingerprint density at radius 3 is 2.76 bits per heavy atom. The molecule has 0 aliphatic carbocycles. The molecule has 0 unspecified atom stereocenters. The van der Waals surface area contributed by atoms with Crippen molar-refractivity contribution in [2.45, 2.75) is 0 Å². The van der Waals surface area contributed by atoms with Gasteiger partial charge < -0.3 is 20.9 Å². The normalized spacial score (nSPS) is 15.0. The van der Waals surface area contributed by atoms with E-state index in [4.69, 9.17) is 5.73 Å². The molecule has 0 spiro atoms. The molecule has 1 saturated heterocycles.